The highest BCUT2D eigenvalue weighted by molar-refractivity contribution is 6.32. The van der Waals surface area contributed by atoms with Crippen LogP contribution in [-0.2, 0) is 4.79 Å². The summed E-state index contributed by atoms with van der Waals surface area (Å²) in [6, 6.07) is 6.48. The largest absolute Gasteiger partial charge is 0.504 e. The smallest absolute Gasteiger partial charge is 0.266 e. The average Bonchev–Trinajstić information content (AvgIpc) is 2.52. The fraction of sp³-hybridized carbons (Fsp3) is 0. The van der Waals surface area contributed by atoms with E-state index in [4.69, 9.17) is 16.9 Å². The molecule has 0 saturated carbocycles. The van der Waals surface area contributed by atoms with Crippen LogP contribution in [0.15, 0.2) is 35.9 Å². The van der Waals surface area contributed by atoms with Crippen LogP contribution in [0, 0.1) is 23.0 Å². The molecule has 0 aliphatic rings. The molecule has 2 rings (SSSR count). The Kier molecular flexibility index (Phi) is 5.02. The zero-order valence-corrected chi connectivity index (χ0v) is 12.6. The van der Waals surface area contributed by atoms with Crippen molar-refractivity contribution in [3.63, 3.8) is 0 Å². The van der Waals surface area contributed by atoms with Crippen molar-refractivity contribution in [3.05, 3.63) is 58.1 Å². The van der Waals surface area contributed by atoms with Crippen molar-refractivity contribution in [2.45, 2.75) is 0 Å². The summed E-state index contributed by atoms with van der Waals surface area (Å²) in [6.45, 7) is 0. The number of anilines is 1. The first-order valence-electron chi connectivity index (χ1n) is 6.41. The third-order valence-corrected chi connectivity index (χ3v) is 3.21. The van der Waals surface area contributed by atoms with Gasteiger partial charge in [0.2, 0.25) is 0 Å². The number of carbonyl (C=O) groups is 1. The number of rotatable bonds is 3. The molecule has 0 fully saturated rings. The normalized spacial score (nSPS) is 11.0. The van der Waals surface area contributed by atoms with Crippen LogP contribution < -0.4 is 5.32 Å². The highest BCUT2D eigenvalue weighted by Crippen LogP contribution is 2.34. The van der Waals surface area contributed by atoms with Crippen LogP contribution in [0.4, 0.5) is 14.5 Å². The molecule has 3 N–H and O–H groups in total. The van der Waals surface area contributed by atoms with Crippen LogP contribution in [-0.4, -0.2) is 16.1 Å². The number of hydrogen-bond acceptors (Lipinski definition) is 4. The molecule has 0 saturated heterocycles. The molecule has 0 aliphatic heterocycles. The van der Waals surface area contributed by atoms with Gasteiger partial charge in [-0.25, -0.2) is 8.78 Å². The van der Waals surface area contributed by atoms with Gasteiger partial charge in [0.05, 0.1) is 10.7 Å². The molecule has 24 heavy (non-hydrogen) atoms. The molecule has 0 spiro atoms. The number of benzene rings is 2. The second kappa shape index (κ2) is 6.98. The lowest BCUT2D eigenvalue weighted by Gasteiger charge is -2.06. The number of amides is 1. The summed E-state index contributed by atoms with van der Waals surface area (Å²) in [6.07, 6.45) is 1.09. The fourth-order valence-corrected chi connectivity index (χ4v) is 2.01. The van der Waals surface area contributed by atoms with E-state index >= 15 is 0 Å². The van der Waals surface area contributed by atoms with Gasteiger partial charge in [0.1, 0.15) is 23.3 Å². The van der Waals surface area contributed by atoms with E-state index in [1.54, 1.807) is 6.07 Å². The summed E-state index contributed by atoms with van der Waals surface area (Å²) in [5.74, 6) is -3.81. The number of nitriles is 1. The number of phenols is 2. The van der Waals surface area contributed by atoms with E-state index in [-0.39, 0.29) is 16.3 Å². The second-order valence-corrected chi connectivity index (χ2v) is 5.03. The Labute approximate surface area is 140 Å². The van der Waals surface area contributed by atoms with Crippen molar-refractivity contribution in [3.8, 4) is 17.6 Å². The molecule has 0 radical (unpaired) electrons. The summed E-state index contributed by atoms with van der Waals surface area (Å²) in [7, 11) is 0. The van der Waals surface area contributed by atoms with E-state index in [0.717, 1.165) is 24.3 Å². The fourth-order valence-electron chi connectivity index (χ4n) is 1.78. The van der Waals surface area contributed by atoms with Gasteiger partial charge in [-0.15, -0.1) is 0 Å². The molecule has 0 bridgehead atoms. The Bertz CT molecular complexity index is 868. The van der Waals surface area contributed by atoms with Crippen molar-refractivity contribution in [1.82, 2.24) is 0 Å². The maximum Gasteiger partial charge on any atom is 0.266 e. The van der Waals surface area contributed by atoms with Crippen LogP contribution in [0.3, 0.4) is 0 Å². The van der Waals surface area contributed by atoms with Gasteiger partial charge in [-0.3, -0.25) is 4.79 Å². The van der Waals surface area contributed by atoms with Crippen molar-refractivity contribution in [1.29, 1.82) is 5.26 Å². The molecule has 0 aliphatic carbocycles. The third kappa shape index (κ3) is 3.80. The summed E-state index contributed by atoms with van der Waals surface area (Å²) in [5.41, 5.74) is -0.546. The van der Waals surface area contributed by atoms with Gasteiger partial charge in [-0.2, -0.15) is 5.26 Å². The van der Waals surface area contributed by atoms with E-state index in [1.165, 1.54) is 6.07 Å². The minimum absolute atomic E-state index is 0.168. The van der Waals surface area contributed by atoms with Crippen molar-refractivity contribution in [2.75, 3.05) is 5.32 Å². The predicted octanol–water partition coefficient (Wildman–Crippen LogP) is 3.58. The highest BCUT2D eigenvalue weighted by Gasteiger charge is 2.14. The zero-order valence-electron chi connectivity index (χ0n) is 11.8. The molecule has 2 aromatic carbocycles. The number of nitrogens with zero attached hydrogens (tertiary/aromatic N) is 1. The van der Waals surface area contributed by atoms with Crippen molar-refractivity contribution in [2.24, 2.45) is 0 Å². The second-order valence-electron chi connectivity index (χ2n) is 4.62. The van der Waals surface area contributed by atoms with E-state index in [1.807, 2.05) is 0 Å². The molecular weight excluding hydrogens is 342 g/mol. The molecule has 8 heteroatoms. The summed E-state index contributed by atoms with van der Waals surface area (Å²) < 4.78 is 26.4. The maximum atomic E-state index is 13.5. The quantitative estimate of drug-likeness (QED) is 0.448. The van der Waals surface area contributed by atoms with Crippen LogP contribution >= 0.6 is 11.6 Å². The van der Waals surface area contributed by atoms with Gasteiger partial charge < -0.3 is 15.5 Å². The number of halogens is 3. The van der Waals surface area contributed by atoms with Crippen LogP contribution in [0.2, 0.25) is 5.02 Å². The van der Waals surface area contributed by atoms with Crippen LogP contribution in [0.1, 0.15) is 5.56 Å². The molecule has 2 aromatic rings. The van der Waals surface area contributed by atoms with Gasteiger partial charge in [0.15, 0.2) is 11.5 Å². The first-order valence-corrected chi connectivity index (χ1v) is 6.79. The number of phenolic OH excluding ortho intramolecular Hbond substituents is 2. The van der Waals surface area contributed by atoms with E-state index in [0.29, 0.717) is 6.07 Å². The first kappa shape index (κ1) is 17.2. The van der Waals surface area contributed by atoms with Gasteiger partial charge in [-0.05, 0) is 35.9 Å². The summed E-state index contributed by atoms with van der Waals surface area (Å²) in [4.78, 5) is 12.0. The van der Waals surface area contributed by atoms with Gasteiger partial charge >= 0.3 is 0 Å². The van der Waals surface area contributed by atoms with E-state index < -0.39 is 34.6 Å². The zero-order chi connectivity index (χ0) is 17.9. The molecular formula is C16H9ClF2N2O3. The van der Waals surface area contributed by atoms with Gasteiger partial charge in [0.25, 0.3) is 5.91 Å². The molecule has 0 aromatic heterocycles. The Balaban J connectivity index is 2.31. The molecule has 0 unspecified atom stereocenters. The topological polar surface area (TPSA) is 93.3 Å². The van der Waals surface area contributed by atoms with Gasteiger partial charge in [-0.1, -0.05) is 11.6 Å². The Morgan fingerprint density at radius 3 is 2.54 bits per heavy atom. The summed E-state index contributed by atoms with van der Waals surface area (Å²) in [5, 5.41) is 29.9. The van der Waals surface area contributed by atoms with E-state index in [2.05, 4.69) is 5.32 Å². The Hall–Kier alpha value is -3.11. The first-order chi connectivity index (χ1) is 11.3. The number of aromatic hydroxyl groups is 2. The Morgan fingerprint density at radius 2 is 1.96 bits per heavy atom. The monoisotopic (exact) mass is 350 g/mol. The highest BCUT2D eigenvalue weighted by atomic mass is 35.5. The molecule has 5 nitrogen and oxygen atoms in total. The van der Waals surface area contributed by atoms with Crippen LogP contribution in [0.25, 0.3) is 6.08 Å². The van der Waals surface area contributed by atoms with E-state index in [9.17, 15) is 23.8 Å². The SMILES string of the molecule is N#C/C(=C\c1cc(O)c(O)c(Cl)c1)C(=O)Nc1ccc(F)cc1F. The molecule has 0 heterocycles. The van der Waals surface area contributed by atoms with Crippen molar-refractivity contribution < 1.29 is 23.8 Å². The lowest BCUT2D eigenvalue weighted by atomic mass is 10.1. The minimum Gasteiger partial charge on any atom is -0.504 e. The van der Waals surface area contributed by atoms with Crippen LogP contribution in [0.5, 0.6) is 11.5 Å². The molecule has 1 amide bonds. The van der Waals surface area contributed by atoms with Crippen molar-refractivity contribution >= 4 is 29.3 Å². The third-order valence-electron chi connectivity index (χ3n) is 2.92. The minimum atomic E-state index is -0.994. The maximum absolute atomic E-state index is 13.5. The molecule has 0 atom stereocenters. The molecule has 122 valence electrons. The average molecular weight is 351 g/mol. The number of carbonyl (C=O) groups excluding carboxylic acids is 1. The lowest BCUT2D eigenvalue weighted by molar-refractivity contribution is -0.112. The lowest BCUT2D eigenvalue weighted by Crippen LogP contribution is -2.14. The summed E-state index contributed by atoms with van der Waals surface area (Å²) >= 11 is 5.68. The standard InChI is InChI=1S/C16H9ClF2N2O3/c17-11-4-8(5-14(22)15(11)23)3-9(7-20)16(24)21-13-2-1-10(18)6-12(13)19/h1-6,22-23H,(H,21,24)/b9-3+. The van der Waals surface area contributed by atoms with Gasteiger partial charge in [0, 0.05) is 6.07 Å². The number of nitrogens with one attached hydrogen (secondary N) is 1. The predicted molar refractivity (Wildman–Crippen MR) is 83.4 cm³/mol. The number of hydrogen-bond donors (Lipinski definition) is 3. The Morgan fingerprint density at radius 1 is 1.25 bits per heavy atom.